The van der Waals surface area contributed by atoms with Gasteiger partial charge in [-0.05, 0) is 12.1 Å². The molecule has 0 aliphatic carbocycles. The number of nitrogens with two attached hydrogens (primary N) is 1. The number of rotatable bonds is 2. The maximum absolute atomic E-state index is 12.8. The molecule has 2 aromatic carbocycles. The van der Waals surface area contributed by atoms with Gasteiger partial charge in [-0.15, -0.1) is 0 Å². The summed E-state index contributed by atoms with van der Waals surface area (Å²) in [5.41, 5.74) is 6.48. The van der Waals surface area contributed by atoms with Crippen LogP contribution in [0, 0.1) is 0 Å². The van der Waals surface area contributed by atoms with Gasteiger partial charge in [-0.25, -0.2) is 8.42 Å². The van der Waals surface area contributed by atoms with Gasteiger partial charge in [0.1, 0.15) is 0 Å². The van der Waals surface area contributed by atoms with Crippen molar-refractivity contribution in [2.45, 2.75) is 4.90 Å². The summed E-state index contributed by atoms with van der Waals surface area (Å²) in [6.07, 6.45) is 0. The van der Waals surface area contributed by atoms with E-state index in [-0.39, 0.29) is 4.90 Å². The van der Waals surface area contributed by atoms with Crippen LogP contribution < -0.4 is 5.73 Å². The number of sulfonamides is 1. The summed E-state index contributed by atoms with van der Waals surface area (Å²) in [4.78, 5) is 0.264. The van der Waals surface area contributed by atoms with Gasteiger partial charge in [-0.1, -0.05) is 24.3 Å². The highest BCUT2D eigenvalue weighted by molar-refractivity contribution is 7.89. The zero-order chi connectivity index (χ0) is 15.0. The van der Waals surface area contributed by atoms with E-state index in [1.54, 1.807) is 24.3 Å². The van der Waals surface area contributed by atoms with Crippen molar-refractivity contribution in [3.63, 3.8) is 0 Å². The predicted octanol–water partition coefficient (Wildman–Crippen LogP) is 1.17. The minimum Gasteiger partial charge on any atom is -0.398 e. The van der Waals surface area contributed by atoms with E-state index < -0.39 is 20.8 Å². The number of nitrogen functional groups attached to an aromatic ring is 1. The first-order valence-corrected chi connectivity index (χ1v) is 9.55. The molecule has 7 heteroatoms. The smallest absolute Gasteiger partial charge is 0.243 e. The van der Waals surface area contributed by atoms with Crippen molar-refractivity contribution >= 4 is 37.3 Å². The maximum atomic E-state index is 12.8. The van der Waals surface area contributed by atoms with Crippen LogP contribution in [0.2, 0.25) is 0 Å². The van der Waals surface area contributed by atoms with Crippen LogP contribution in [0.15, 0.2) is 41.3 Å². The van der Waals surface area contributed by atoms with Crippen LogP contribution in [0.4, 0.5) is 5.69 Å². The molecule has 2 aromatic rings. The number of hydrogen-bond donors (Lipinski definition) is 1. The van der Waals surface area contributed by atoms with Crippen molar-refractivity contribution in [3.8, 4) is 0 Å². The van der Waals surface area contributed by atoms with Gasteiger partial charge in [-0.3, -0.25) is 4.21 Å². The molecule has 0 unspecified atom stereocenters. The van der Waals surface area contributed by atoms with Crippen LogP contribution >= 0.6 is 0 Å². The molecule has 0 spiro atoms. The topological polar surface area (TPSA) is 80.5 Å². The van der Waals surface area contributed by atoms with E-state index >= 15 is 0 Å². The van der Waals surface area contributed by atoms with E-state index in [4.69, 9.17) is 5.73 Å². The van der Waals surface area contributed by atoms with Crippen LogP contribution in [0.5, 0.6) is 0 Å². The van der Waals surface area contributed by atoms with E-state index in [0.717, 1.165) is 5.39 Å². The summed E-state index contributed by atoms with van der Waals surface area (Å²) in [5.74, 6) is 0.790. The fourth-order valence-corrected chi connectivity index (χ4v) is 5.44. The standard InChI is InChI=1S/C14H16N2O3S2/c15-13-5-6-14(12-4-2-1-3-11(12)13)21(18,19)16-7-9-20(17)10-8-16/h1-6H,7-10,15H2. The molecule has 1 aliphatic heterocycles. The van der Waals surface area contributed by atoms with Gasteiger partial charge in [0, 0.05) is 51.9 Å². The molecule has 5 nitrogen and oxygen atoms in total. The van der Waals surface area contributed by atoms with Gasteiger partial charge in [0.05, 0.1) is 4.90 Å². The quantitative estimate of drug-likeness (QED) is 0.841. The fraction of sp³-hybridized carbons (Fsp3) is 0.286. The van der Waals surface area contributed by atoms with E-state index in [0.29, 0.717) is 35.7 Å². The summed E-state index contributed by atoms with van der Waals surface area (Å²) in [6.45, 7) is 0.599. The van der Waals surface area contributed by atoms with Crippen LogP contribution in [-0.4, -0.2) is 41.5 Å². The van der Waals surface area contributed by atoms with Crippen LogP contribution in [0.3, 0.4) is 0 Å². The largest absolute Gasteiger partial charge is 0.398 e. The zero-order valence-corrected chi connectivity index (χ0v) is 13.0. The Hall–Kier alpha value is -1.44. The van der Waals surface area contributed by atoms with Crippen LogP contribution in [-0.2, 0) is 20.8 Å². The lowest BCUT2D eigenvalue weighted by Crippen LogP contribution is -2.41. The highest BCUT2D eigenvalue weighted by atomic mass is 32.2. The Morgan fingerprint density at radius 1 is 1.00 bits per heavy atom. The summed E-state index contributed by atoms with van der Waals surface area (Å²) in [5, 5.41) is 1.36. The van der Waals surface area contributed by atoms with Gasteiger partial charge >= 0.3 is 0 Å². The molecule has 1 fully saturated rings. The normalized spacial score (nSPS) is 18.1. The number of benzene rings is 2. The van der Waals surface area contributed by atoms with Crippen LogP contribution in [0.25, 0.3) is 10.8 Å². The average Bonchev–Trinajstić information content (AvgIpc) is 2.48. The maximum Gasteiger partial charge on any atom is 0.243 e. The summed E-state index contributed by atoms with van der Waals surface area (Å²) >= 11 is 0. The van der Waals surface area contributed by atoms with E-state index in [2.05, 4.69) is 0 Å². The van der Waals surface area contributed by atoms with Gasteiger partial charge in [0.25, 0.3) is 0 Å². The number of fused-ring (bicyclic) bond motifs is 1. The molecule has 0 radical (unpaired) electrons. The minimum absolute atomic E-state index is 0.264. The Balaban J connectivity index is 2.11. The van der Waals surface area contributed by atoms with Gasteiger partial charge in [-0.2, -0.15) is 4.31 Å². The lowest BCUT2D eigenvalue weighted by atomic mass is 10.1. The molecule has 3 rings (SSSR count). The third-order valence-electron chi connectivity index (χ3n) is 3.67. The first kappa shape index (κ1) is 14.5. The average molecular weight is 324 g/mol. The second-order valence-corrected chi connectivity index (χ2v) is 8.55. The first-order valence-electron chi connectivity index (χ1n) is 6.62. The monoisotopic (exact) mass is 324 g/mol. The molecule has 0 amide bonds. The second kappa shape index (κ2) is 5.40. The molecule has 21 heavy (non-hydrogen) atoms. The molecule has 0 atom stereocenters. The van der Waals surface area contributed by atoms with Crippen molar-refractivity contribution < 1.29 is 12.6 Å². The predicted molar refractivity (Wildman–Crippen MR) is 85.0 cm³/mol. The van der Waals surface area contributed by atoms with Gasteiger partial charge in [0.15, 0.2) is 0 Å². The molecule has 0 bridgehead atoms. The third kappa shape index (κ3) is 2.56. The lowest BCUT2D eigenvalue weighted by Gasteiger charge is -2.26. The molecule has 0 aromatic heterocycles. The molecule has 0 saturated carbocycles. The third-order valence-corrected chi connectivity index (χ3v) is 6.90. The summed E-state index contributed by atoms with van der Waals surface area (Å²) in [7, 11) is -4.49. The first-order chi connectivity index (χ1) is 10.00. The Bertz CT molecular complexity index is 808. The number of hydrogen-bond acceptors (Lipinski definition) is 4. The van der Waals surface area contributed by atoms with Crippen molar-refractivity contribution in [3.05, 3.63) is 36.4 Å². The van der Waals surface area contributed by atoms with Crippen molar-refractivity contribution in [1.82, 2.24) is 4.31 Å². The summed E-state index contributed by atoms with van der Waals surface area (Å²) < 4.78 is 38.4. The molecule has 1 saturated heterocycles. The molecule has 1 heterocycles. The summed E-state index contributed by atoms with van der Waals surface area (Å²) in [6, 6.07) is 10.4. The lowest BCUT2D eigenvalue weighted by molar-refractivity contribution is 0.439. The van der Waals surface area contributed by atoms with Gasteiger partial charge < -0.3 is 5.73 Å². The number of nitrogens with zero attached hydrogens (tertiary/aromatic N) is 1. The van der Waals surface area contributed by atoms with Crippen LogP contribution in [0.1, 0.15) is 0 Å². The zero-order valence-electron chi connectivity index (χ0n) is 11.4. The molecule has 2 N–H and O–H groups in total. The van der Waals surface area contributed by atoms with Crippen molar-refractivity contribution in [1.29, 1.82) is 0 Å². The molecular weight excluding hydrogens is 308 g/mol. The fourth-order valence-electron chi connectivity index (χ4n) is 2.52. The highest BCUT2D eigenvalue weighted by Gasteiger charge is 2.29. The minimum atomic E-state index is -3.59. The van der Waals surface area contributed by atoms with Gasteiger partial charge in [0.2, 0.25) is 10.0 Å². The highest BCUT2D eigenvalue weighted by Crippen LogP contribution is 2.29. The SMILES string of the molecule is Nc1ccc(S(=O)(=O)N2CCS(=O)CC2)c2ccccc12. The van der Waals surface area contributed by atoms with E-state index in [1.807, 2.05) is 12.1 Å². The Morgan fingerprint density at radius 2 is 1.62 bits per heavy atom. The molecule has 1 aliphatic rings. The molecule has 112 valence electrons. The molecular formula is C14H16N2O3S2. The van der Waals surface area contributed by atoms with E-state index in [1.165, 1.54) is 4.31 Å². The Morgan fingerprint density at radius 3 is 2.29 bits per heavy atom. The Labute approximate surface area is 126 Å². The second-order valence-electron chi connectivity index (χ2n) is 4.95. The number of anilines is 1. The van der Waals surface area contributed by atoms with E-state index in [9.17, 15) is 12.6 Å². The van der Waals surface area contributed by atoms with Crippen molar-refractivity contribution in [2.75, 3.05) is 30.3 Å². The van der Waals surface area contributed by atoms with Crippen molar-refractivity contribution in [2.24, 2.45) is 0 Å². The Kier molecular flexibility index (Phi) is 3.73.